The molecule has 0 amide bonds. The summed E-state index contributed by atoms with van der Waals surface area (Å²) in [6.07, 6.45) is 0. The molecule has 4 aromatic heterocycles. The normalized spacial score (nSPS) is 13.6. The van der Waals surface area contributed by atoms with E-state index in [4.69, 9.17) is 9.97 Å². The summed E-state index contributed by atoms with van der Waals surface area (Å²) < 4.78 is 7.45. The van der Waals surface area contributed by atoms with Crippen molar-refractivity contribution in [1.82, 2.24) is 23.7 Å². The van der Waals surface area contributed by atoms with Gasteiger partial charge in [0.25, 0.3) is 0 Å². The minimum Gasteiger partial charge on any atom is -0.309 e. The third-order valence-electron chi connectivity index (χ3n) is 21.4. The summed E-state index contributed by atoms with van der Waals surface area (Å²) in [6, 6.07) is 110. The Hall–Kier alpha value is -11.9. The molecule has 18 aromatic rings. The lowest BCUT2D eigenvalue weighted by Crippen LogP contribution is -2.15. The van der Waals surface area contributed by atoms with E-state index in [1.54, 1.807) is 0 Å². The van der Waals surface area contributed by atoms with Gasteiger partial charge in [0.05, 0.1) is 44.3 Å². The molecule has 0 aliphatic heterocycles. The highest BCUT2D eigenvalue weighted by Crippen LogP contribution is 2.52. The van der Waals surface area contributed by atoms with Crippen LogP contribution >= 0.6 is 0 Å². The molecule has 2 aliphatic rings. The number of aromatic nitrogens is 5. The molecule has 5 nitrogen and oxygen atoms in total. The van der Waals surface area contributed by atoms with Crippen molar-refractivity contribution >= 4 is 87.1 Å². The van der Waals surface area contributed by atoms with E-state index in [1.807, 2.05) is 0 Å². The number of fused-ring (bicyclic) bond motifs is 18. The van der Waals surface area contributed by atoms with E-state index in [0.717, 1.165) is 88.8 Å². The minimum absolute atomic E-state index is 0.133. The molecule has 0 saturated carbocycles. The highest BCUT2D eigenvalue weighted by atomic mass is 15.0. The first kappa shape index (κ1) is 53.7. The SMILES string of the molecule is CC1(C)c2ccccc2-c2ccc(-n3c4ccccc4c4ccc(-c5ccc6c7ccc(-c8ccc9c%10ccccc%10n(-c%10ccc%11c(c%10)C(C)(C)c%10ccccc%10-%11)c9c8)cc7n(-c7cccc(-c8nc(-c9ccccc9)c9ccc%10ccccc%10c9n8)c7)c6c5)cc43)cc21. The molecule has 14 aromatic carbocycles. The van der Waals surface area contributed by atoms with Crippen molar-refractivity contribution in [3.63, 3.8) is 0 Å². The Morgan fingerprint density at radius 3 is 1.17 bits per heavy atom. The Labute approximate surface area is 549 Å². The van der Waals surface area contributed by atoms with Crippen molar-refractivity contribution in [1.29, 1.82) is 0 Å². The fourth-order valence-corrected chi connectivity index (χ4v) is 16.8. The molecule has 95 heavy (non-hydrogen) atoms. The topological polar surface area (TPSA) is 40.6 Å². The lowest BCUT2D eigenvalue weighted by Gasteiger charge is -2.22. The summed E-state index contributed by atoms with van der Waals surface area (Å²) in [5, 5.41) is 10.6. The summed E-state index contributed by atoms with van der Waals surface area (Å²) in [6.45, 7) is 9.48. The molecule has 5 heteroatoms. The summed E-state index contributed by atoms with van der Waals surface area (Å²) >= 11 is 0. The molecule has 0 spiro atoms. The van der Waals surface area contributed by atoms with E-state index in [-0.39, 0.29) is 10.8 Å². The van der Waals surface area contributed by atoms with Crippen LogP contribution in [0.2, 0.25) is 0 Å². The van der Waals surface area contributed by atoms with Crippen molar-refractivity contribution in [2.24, 2.45) is 0 Å². The molecule has 0 unspecified atom stereocenters. The Balaban J connectivity index is 0.785. The summed E-state index contributed by atoms with van der Waals surface area (Å²) in [4.78, 5) is 11.0. The third-order valence-corrected chi connectivity index (χ3v) is 21.4. The Kier molecular flexibility index (Phi) is 11.2. The molecule has 0 bridgehead atoms. The van der Waals surface area contributed by atoms with Gasteiger partial charge in [-0.2, -0.15) is 0 Å². The van der Waals surface area contributed by atoms with Crippen LogP contribution in [0.5, 0.6) is 0 Å². The van der Waals surface area contributed by atoms with Crippen LogP contribution in [-0.2, 0) is 10.8 Å². The number of rotatable bonds is 7. The Morgan fingerprint density at radius 1 is 0.242 bits per heavy atom. The van der Waals surface area contributed by atoms with Crippen LogP contribution in [-0.4, -0.2) is 23.7 Å². The van der Waals surface area contributed by atoms with Crippen molar-refractivity contribution in [3.8, 4) is 84.2 Å². The second-order valence-corrected chi connectivity index (χ2v) is 27.3. The van der Waals surface area contributed by atoms with Crippen LogP contribution in [0.15, 0.2) is 297 Å². The Bertz CT molecular complexity index is 6060. The van der Waals surface area contributed by atoms with Crippen LogP contribution in [0, 0.1) is 0 Å². The summed E-state index contributed by atoms with van der Waals surface area (Å²) in [7, 11) is 0. The van der Waals surface area contributed by atoms with Crippen molar-refractivity contribution in [2.75, 3.05) is 0 Å². The largest absolute Gasteiger partial charge is 0.309 e. The van der Waals surface area contributed by atoms with E-state index >= 15 is 0 Å². The molecule has 446 valence electrons. The standard InChI is InChI=1S/C90H61N5/c1-89(2)76-29-14-10-25-65(76)67-45-38-62(52-78(67)89)93-80-31-16-12-27-69(80)71-40-34-56(48-82(71)93)58-36-42-73-74-43-37-59(57-35-41-72-70-28-13-17-32-81(70)94(83(72)49-57)63-39-46-68-66-26-11-15-30-77(66)90(3,4)79(68)53-63)51-85(74)95(84(73)50-58)61-23-18-22-60(47-61)88-91-86(55-20-6-5-7-21-55)75-44-33-54-19-8-9-24-64(54)87(75)92-88/h5-53H,1-4H3. The molecular weight excluding hydrogens is 1150 g/mol. The molecule has 0 radical (unpaired) electrons. The zero-order valence-electron chi connectivity index (χ0n) is 53.0. The number of hydrogen-bond acceptors (Lipinski definition) is 2. The van der Waals surface area contributed by atoms with E-state index in [0.29, 0.717) is 5.82 Å². The van der Waals surface area contributed by atoms with E-state index in [2.05, 4.69) is 339 Å². The first-order chi connectivity index (χ1) is 46.6. The van der Waals surface area contributed by atoms with Crippen molar-refractivity contribution < 1.29 is 0 Å². The van der Waals surface area contributed by atoms with Crippen LogP contribution in [0.1, 0.15) is 49.9 Å². The zero-order chi connectivity index (χ0) is 63.0. The van der Waals surface area contributed by atoms with E-state index < -0.39 is 0 Å². The molecule has 0 saturated heterocycles. The van der Waals surface area contributed by atoms with Gasteiger partial charge in [-0.05, 0) is 151 Å². The highest BCUT2D eigenvalue weighted by Gasteiger charge is 2.37. The van der Waals surface area contributed by atoms with Crippen molar-refractivity contribution in [3.05, 3.63) is 320 Å². The average molecular weight is 1210 g/mol. The molecule has 4 heterocycles. The van der Waals surface area contributed by atoms with Crippen LogP contribution in [0.3, 0.4) is 0 Å². The van der Waals surface area contributed by atoms with Gasteiger partial charge in [0.15, 0.2) is 5.82 Å². The smallest absolute Gasteiger partial charge is 0.160 e. The van der Waals surface area contributed by atoms with Gasteiger partial charge in [-0.15, -0.1) is 0 Å². The maximum Gasteiger partial charge on any atom is 0.160 e. The number of hydrogen-bond donors (Lipinski definition) is 0. The van der Waals surface area contributed by atoms with Gasteiger partial charge in [-0.1, -0.05) is 246 Å². The van der Waals surface area contributed by atoms with Crippen LogP contribution in [0.25, 0.3) is 171 Å². The predicted octanol–water partition coefficient (Wildman–Crippen LogP) is 23.4. The van der Waals surface area contributed by atoms with Gasteiger partial charge < -0.3 is 13.7 Å². The quantitative estimate of drug-likeness (QED) is 0.149. The van der Waals surface area contributed by atoms with Crippen LogP contribution < -0.4 is 0 Å². The first-order valence-electron chi connectivity index (χ1n) is 33.1. The van der Waals surface area contributed by atoms with Gasteiger partial charge in [0, 0.05) is 82.1 Å². The molecule has 2 aliphatic carbocycles. The molecule has 0 fully saturated rings. The van der Waals surface area contributed by atoms with Crippen LogP contribution in [0.4, 0.5) is 0 Å². The maximum atomic E-state index is 5.50. The molecule has 0 N–H and O–H groups in total. The van der Waals surface area contributed by atoms with E-state index in [9.17, 15) is 0 Å². The highest BCUT2D eigenvalue weighted by molar-refractivity contribution is 6.15. The van der Waals surface area contributed by atoms with Gasteiger partial charge in [0.2, 0.25) is 0 Å². The van der Waals surface area contributed by atoms with Gasteiger partial charge in [0.1, 0.15) is 0 Å². The fraction of sp³-hybridized carbons (Fsp3) is 0.0667. The maximum absolute atomic E-state index is 5.50. The van der Waals surface area contributed by atoms with Crippen molar-refractivity contribution in [2.45, 2.75) is 38.5 Å². The van der Waals surface area contributed by atoms with Gasteiger partial charge >= 0.3 is 0 Å². The minimum atomic E-state index is -0.133. The molecule has 0 atom stereocenters. The monoisotopic (exact) mass is 1210 g/mol. The molecule has 20 rings (SSSR count). The third kappa shape index (κ3) is 7.78. The van der Waals surface area contributed by atoms with E-state index in [1.165, 1.54) is 98.9 Å². The first-order valence-corrected chi connectivity index (χ1v) is 33.1. The van der Waals surface area contributed by atoms with Gasteiger partial charge in [-0.3, -0.25) is 0 Å². The zero-order valence-corrected chi connectivity index (χ0v) is 53.0. The molecular formula is C90H61N5. The predicted molar refractivity (Wildman–Crippen MR) is 397 cm³/mol. The number of para-hydroxylation sites is 2. The summed E-state index contributed by atoms with van der Waals surface area (Å²) in [5.74, 6) is 0.678. The lowest BCUT2D eigenvalue weighted by atomic mass is 9.82. The average Bonchev–Trinajstić information content (AvgIpc) is 1.64. The fourth-order valence-electron chi connectivity index (χ4n) is 16.8. The second-order valence-electron chi connectivity index (χ2n) is 27.3. The Morgan fingerprint density at radius 2 is 0.642 bits per heavy atom. The number of nitrogens with zero attached hydrogens (tertiary/aromatic N) is 5. The lowest BCUT2D eigenvalue weighted by molar-refractivity contribution is 0.660. The number of benzene rings is 14. The van der Waals surface area contributed by atoms with Gasteiger partial charge in [-0.25, -0.2) is 9.97 Å². The second kappa shape index (κ2) is 19.8. The summed E-state index contributed by atoms with van der Waals surface area (Å²) in [5.41, 5.74) is 29.2.